The summed E-state index contributed by atoms with van der Waals surface area (Å²) >= 11 is 0. The molecule has 0 amide bonds. The largest absolute Gasteiger partial charge is 1.00 e. The lowest BCUT2D eigenvalue weighted by Crippen LogP contribution is -3.00. The van der Waals surface area contributed by atoms with Gasteiger partial charge in [-0.15, -0.1) is 0 Å². The highest BCUT2D eigenvalue weighted by molar-refractivity contribution is 7.79. The van der Waals surface area contributed by atoms with Gasteiger partial charge in [0, 0.05) is 0 Å². The topological polar surface area (TPSA) is 77.4 Å². The standard InChI is InChI=1S/3C19H42N.BrH.FH.H2O4S/c3*1-5-6-7-8-9-10-11-12-13-14-15-16-17-18-19-20(2,3)4;;;1-5(2,3)4/h3*5-19H2,1-4H3;2*1H;(H2,1,2,3,4)/q3*+1;;;/p-3. The van der Waals surface area contributed by atoms with Crippen LogP contribution in [-0.2, 0) is 10.4 Å². The fourth-order valence-electron chi connectivity index (χ4n) is 8.34. The smallest absolute Gasteiger partial charge is 0.215 e. The Morgan fingerprint density at radius 1 is 0.284 bits per heavy atom. The van der Waals surface area contributed by atoms with Gasteiger partial charge in [-0.3, -0.25) is 4.55 Å². The molecule has 7 nitrogen and oxygen atoms in total. The predicted octanol–water partition coefficient (Wildman–Crippen LogP) is 11.5. The lowest BCUT2D eigenvalue weighted by atomic mass is 10.0. The van der Waals surface area contributed by atoms with Crippen molar-refractivity contribution in [1.82, 2.24) is 0 Å². The van der Waals surface area contributed by atoms with Crippen molar-refractivity contribution in [3.8, 4) is 0 Å². The summed E-state index contributed by atoms with van der Waals surface area (Å²) in [5, 5.41) is 0. The molecule has 0 fully saturated rings. The molecular weight excluding hydrogens is 922 g/mol. The monoisotopic (exact) mass is 1050 g/mol. The predicted molar refractivity (Wildman–Crippen MR) is 292 cm³/mol. The molecule has 0 aromatic rings. The Morgan fingerprint density at radius 2 is 0.373 bits per heavy atom. The van der Waals surface area contributed by atoms with Gasteiger partial charge < -0.3 is 39.7 Å². The Kier molecular flexibility index (Phi) is 68.9. The first kappa shape index (κ1) is 78.6. The van der Waals surface area contributed by atoms with Gasteiger partial charge in [0.1, 0.15) is 0 Å². The molecule has 0 atom stereocenters. The average Bonchev–Trinajstić information content (AvgIpc) is 3.20. The van der Waals surface area contributed by atoms with Crippen molar-refractivity contribution in [2.24, 2.45) is 0 Å². The summed E-state index contributed by atoms with van der Waals surface area (Å²) in [6.45, 7) is 10.9. The molecule has 0 spiro atoms. The second kappa shape index (κ2) is 58.7. The van der Waals surface area contributed by atoms with Crippen LogP contribution in [0.4, 0.5) is 0 Å². The molecule has 0 rings (SSSR count). The Balaban J connectivity index is -0.000000195. The first-order valence-electron chi connectivity index (χ1n) is 28.8. The highest BCUT2D eigenvalue weighted by Gasteiger charge is 2.07. The number of quaternary nitrogens is 3. The number of hydrogen-bond acceptors (Lipinski definition) is 3. The quantitative estimate of drug-likeness (QED) is 0.0285. The molecule has 0 saturated carbocycles. The van der Waals surface area contributed by atoms with Crippen molar-refractivity contribution in [3.63, 3.8) is 0 Å². The van der Waals surface area contributed by atoms with Gasteiger partial charge >= 0.3 is 0 Å². The van der Waals surface area contributed by atoms with E-state index in [9.17, 15) is 0 Å². The van der Waals surface area contributed by atoms with Gasteiger partial charge in [0.15, 0.2) is 0 Å². The molecule has 0 aromatic heterocycles. The molecule has 0 unspecified atom stereocenters. The van der Waals surface area contributed by atoms with Gasteiger partial charge in [-0.05, 0) is 38.5 Å². The minimum atomic E-state index is -4.92. The van der Waals surface area contributed by atoms with E-state index in [1.54, 1.807) is 0 Å². The van der Waals surface area contributed by atoms with Gasteiger partial charge in [-0.2, -0.15) is 0 Å². The molecule has 0 saturated heterocycles. The summed E-state index contributed by atoms with van der Waals surface area (Å²) in [4.78, 5) is 0. The summed E-state index contributed by atoms with van der Waals surface area (Å²) in [6, 6.07) is 0. The van der Waals surface area contributed by atoms with E-state index >= 15 is 0 Å². The third-order valence-electron chi connectivity index (χ3n) is 12.5. The van der Waals surface area contributed by atoms with E-state index in [2.05, 4.69) is 84.2 Å². The van der Waals surface area contributed by atoms with E-state index in [0.29, 0.717) is 0 Å². The van der Waals surface area contributed by atoms with Gasteiger partial charge in [-0.25, -0.2) is 8.42 Å². The normalized spacial score (nSPS) is 11.6. The van der Waals surface area contributed by atoms with Crippen molar-refractivity contribution in [2.45, 2.75) is 290 Å². The van der Waals surface area contributed by atoms with Crippen LogP contribution in [0.15, 0.2) is 0 Å². The van der Waals surface area contributed by atoms with Crippen LogP contribution in [0.3, 0.4) is 0 Å². The number of halogens is 2. The number of unbranched alkanes of at least 4 members (excludes halogenated alkanes) is 39. The average molecular weight is 1050 g/mol. The number of nitrogens with zero attached hydrogens (tertiary/aromatic N) is 3. The zero-order valence-corrected chi connectivity index (χ0v) is 50.4. The third kappa shape index (κ3) is 104. The van der Waals surface area contributed by atoms with E-state index in [-0.39, 0.29) is 21.7 Å². The molecule has 414 valence electrons. The molecule has 0 aliphatic heterocycles. The summed E-state index contributed by atoms with van der Waals surface area (Å²) in [5.41, 5.74) is 0. The highest BCUT2D eigenvalue weighted by Crippen LogP contribution is 2.16. The van der Waals surface area contributed by atoms with Gasteiger partial charge in [0.05, 0.1) is 83.1 Å². The molecule has 10 heteroatoms. The Labute approximate surface area is 434 Å². The lowest BCUT2D eigenvalue weighted by Gasteiger charge is -2.23. The fourth-order valence-corrected chi connectivity index (χ4v) is 8.34. The van der Waals surface area contributed by atoms with Gasteiger partial charge in [0.25, 0.3) is 0 Å². The van der Waals surface area contributed by atoms with E-state index in [4.69, 9.17) is 17.5 Å². The van der Waals surface area contributed by atoms with E-state index in [1.807, 2.05) is 0 Å². The van der Waals surface area contributed by atoms with Crippen LogP contribution in [0, 0.1) is 0 Å². The summed E-state index contributed by atoms with van der Waals surface area (Å²) in [7, 11) is 15.7. The molecule has 0 bridgehead atoms. The summed E-state index contributed by atoms with van der Waals surface area (Å²) in [5.74, 6) is 0. The van der Waals surface area contributed by atoms with E-state index in [0.717, 1.165) is 13.4 Å². The van der Waals surface area contributed by atoms with Crippen molar-refractivity contribution in [1.29, 1.82) is 0 Å². The maximum Gasteiger partial charge on any atom is 0.215 e. The SMILES string of the molecule is CCCCCCCCCCCCCCCC[N+](C)(C)C.CCCCCCCCCCCCCCCC[N+](C)(C)C.CCCCCCCCCCCCCCCC[N+](C)(C)C.O=S(=O)([O-])O.[Br-].[F-]. The van der Waals surface area contributed by atoms with Crippen molar-refractivity contribution in [2.75, 3.05) is 83.1 Å². The summed E-state index contributed by atoms with van der Waals surface area (Å²) in [6.07, 6.45) is 61.1. The van der Waals surface area contributed by atoms with E-state index < -0.39 is 10.4 Å². The molecule has 67 heavy (non-hydrogen) atoms. The van der Waals surface area contributed by atoms with Crippen LogP contribution in [0.5, 0.6) is 0 Å². The Morgan fingerprint density at radius 3 is 0.463 bits per heavy atom. The Bertz CT molecular complexity index is 879. The van der Waals surface area contributed by atoms with Crippen molar-refractivity contribution in [3.05, 3.63) is 0 Å². The van der Waals surface area contributed by atoms with Gasteiger partial charge in [0.2, 0.25) is 10.4 Å². The van der Waals surface area contributed by atoms with Crippen LogP contribution in [0.2, 0.25) is 0 Å². The molecular formula is C57H127BrFN3O4S. The number of rotatable bonds is 45. The van der Waals surface area contributed by atoms with Crippen LogP contribution < -0.4 is 21.7 Å². The zero-order valence-electron chi connectivity index (χ0n) is 48.0. The summed E-state index contributed by atoms with van der Waals surface area (Å²) < 4.78 is 36.2. The minimum Gasteiger partial charge on any atom is -1.00 e. The molecule has 0 aliphatic rings. The number of hydrogen-bond donors (Lipinski definition) is 1. The first-order valence-corrected chi connectivity index (χ1v) is 30.1. The van der Waals surface area contributed by atoms with Crippen molar-refractivity contribution < 1.29 is 52.7 Å². The lowest BCUT2D eigenvalue weighted by molar-refractivity contribution is -0.870. The molecule has 0 aromatic carbocycles. The highest BCUT2D eigenvalue weighted by atomic mass is 79.9. The first-order chi connectivity index (χ1) is 30.7. The molecule has 0 aliphatic carbocycles. The maximum absolute atomic E-state index is 8.63. The molecule has 0 heterocycles. The van der Waals surface area contributed by atoms with Crippen LogP contribution in [0.1, 0.15) is 290 Å². The van der Waals surface area contributed by atoms with E-state index in [1.165, 1.54) is 289 Å². The fraction of sp³-hybridized carbons (Fsp3) is 1.00. The minimum absolute atomic E-state index is 0. The van der Waals surface area contributed by atoms with Crippen molar-refractivity contribution >= 4 is 10.4 Å². The van der Waals surface area contributed by atoms with Crippen LogP contribution in [-0.4, -0.2) is 114 Å². The second-order valence-electron chi connectivity index (χ2n) is 23.3. The van der Waals surface area contributed by atoms with Crippen LogP contribution in [0.25, 0.3) is 0 Å². The second-order valence-corrected chi connectivity index (χ2v) is 24.1. The van der Waals surface area contributed by atoms with Gasteiger partial charge in [-0.1, -0.05) is 252 Å². The molecule has 0 radical (unpaired) electrons. The third-order valence-corrected chi connectivity index (χ3v) is 12.5. The maximum atomic E-state index is 8.63. The zero-order chi connectivity index (χ0) is 49.8. The van der Waals surface area contributed by atoms with Crippen LogP contribution >= 0.6 is 0 Å². The Hall–Kier alpha value is 0.160. The molecule has 1 N–H and O–H groups in total.